The molecule has 14 aromatic rings. The van der Waals surface area contributed by atoms with Gasteiger partial charge >= 0.3 is 643 Å². The van der Waals surface area contributed by atoms with Gasteiger partial charge in [-0.15, -0.1) is 0 Å². The van der Waals surface area contributed by atoms with E-state index in [1.807, 2.05) is 69.2 Å². The third-order valence-corrected chi connectivity index (χ3v) is 25.7. The van der Waals surface area contributed by atoms with Crippen LogP contribution in [0.5, 0.6) is 23.0 Å². The van der Waals surface area contributed by atoms with Crippen LogP contribution < -0.4 is 51.4 Å². The van der Waals surface area contributed by atoms with Gasteiger partial charge in [0.05, 0.1) is 0 Å². The summed E-state index contributed by atoms with van der Waals surface area (Å²) < 4.78 is 223. The summed E-state index contributed by atoms with van der Waals surface area (Å²) >= 11 is -3.36. The number of rotatable bonds is 6. The van der Waals surface area contributed by atoms with Crippen LogP contribution in [-0.4, -0.2) is 230 Å². The molecular weight excluding hydrogens is 1780 g/mol. The van der Waals surface area contributed by atoms with E-state index < -0.39 is 179 Å². The molecule has 2 unspecified atom stereocenters. The summed E-state index contributed by atoms with van der Waals surface area (Å²) in [5.41, 5.74) is 2.54. The first-order chi connectivity index (χ1) is 50.8. The van der Waals surface area contributed by atoms with Crippen LogP contribution in [0.4, 0.5) is 26.3 Å². The van der Waals surface area contributed by atoms with Gasteiger partial charge in [-0.05, 0) is 0 Å². The predicted molar refractivity (Wildman–Crippen MR) is 392 cm³/mol. The van der Waals surface area contributed by atoms with Crippen LogP contribution in [0.2, 0.25) is 0 Å². The van der Waals surface area contributed by atoms with Crippen molar-refractivity contribution in [1.29, 1.82) is 0 Å². The van der Waals surface area contributed by atoms with E-state index in [2.05, 4.69) is 47.8 Å². The summed E-state index contributed by atoms with van der Waals surface area (Å²) in [6.07, 6.45) is 0.999. The van der Waals surface area contributed by atoms with Crippen molar-refractivity contribution in [3.05, 3.63) is 83.4 Å². The molecule has 0 saturated carbocycles. The summed E-state index contributed by atoms with van der Waals surface area (Å²) in [4.78, 5) is 0. The zero-order chi connectivity index (χ0) is 73.4. The molecule has 4 saturated heterocycles. The minimum absolute atomic E-state index is 0.0153. The first kappa shape index (κ1) is 71.7. The van der Waals surface area contributed by atoms with Crippen molar-refractivity contribution in [2.24, 2.45) is 10.8 Å². The van der Waals surface area contributed by atoms with Crippen LogP contribution in [0.3, 0.4) is 0 Å². The molecule has 0 radical (unpaired) electrons. The van der Waals surface area contributed by atoms with E-state index in [1.165, 1.54) is 0 Å². The Morgan fingerprint density at radius 2 is 0.519 bits per heavy atom. The fourth-order valence-electron chi connectivity index (χ4n) is 14.5. The molecule has 0 N–H and O–H groups in total. The normalized spacial score (nSPS) is 19.7. The van der Waals surface area contributed by atoms with Crippen molar-refractivity contribution in [3.63, 3.8) is 0 Å². The summed E-state index contributed by atoms with van der Waals surface area (Å²) in [6.45, 7) is 21.2. The molecule has 8 aromatic carbocycles. The maximum atomic E-state index is 16.5. The van der Waals surface area contributed by atoms with Gasteiger partial charge in [0.2, 0.25) is 0 Å². The first-order valence-electron chi connectivity index (χ1n) is 33.4. The molecule has 24 nitrogen and oxygen atoms in total. The van der Waals surface area contributed by atoms with Gasteiger partial charge in [-0.2, -0.15) is 0 Å². The quantitative estimate of drug-likeness (QED) is 0.169. The Labute approximate surface area is 637 Å². The number of fused-ring (bicyclic) bond motifs is 17. The topological polar surface area (TPSA) is 265 Å². The fourth-order valence-corrected chi connectivity index (χ4v) is 21.7. The number of benzene rings is 8. The van der Waals surface area contributed by atoms with Crippen LogP contribution in [0.1, 0.15) is 82.1 Å². The Morgan fingerprint density at radius 3 is 0.745 bits per heavy atom. The van der Waals surface area contributed by atoms with Crippen LogP contribution in [0.25, 0.3) is 98.5 Å². The van der Waals surface area contributed by atoms with Gasteiger partial charge in [-0.3, -0.25) is 0 Å². The molecule has 42 heteroatoms. The van der Waals surface area contributed by atoms with Crippen LogP contribution in [-0.2, 0) is 37.2 Å². The average molecular weight is 1830 g/mol. The summed E-state index contributed by atoms with van der Waals surface area (Å²) in [7, 11) is -6.08. The van der Waals surface area contributed by atoms with Crippen molar-refractivity contribution in [1.82, 2.24) is 47.8 Å². The van der Waals surface area contributed by atoms with E-state index in [0.29, 0.717) is 84.3 Å². The number of hydrogen-bond donors (Lipinski definition) is 0. The number of para-hydroxylation sites is 4. The third-order valence-electron chi connectivity index (χ3n) is 19.0. The molecule has 2 atom stereocenters. The Balaban J connectivity index is 0.000000113. The second kappa shape index (κ2) is 27.0. The van der Waals surface area contributed by atoms with Crippen molar-refractivity contribution in [3.8, 4) is 23.0 Å². The van der Waals surface area contributed by atoms with Crippen LogP contribution >= 0.6 is 0 Å². The Kier molecular flexibility index (Phi) is 18.2. The Hall–Kier alpha value is -5.89. The number of halogens is 6. The summed E-state index contributed by atoms with van der Waals surface area (Å²) in [5, 5.41) is 0.116. The molecule has 6 aliphatic rings. The van der Waals surface area contributed by atoms with Gasteiger partial charge in [0.1, 0.15) is 0 Å². The second-order valence-electron chi connectivity index (χ2n) is 29.4. The number of aromatic nitrogens is 12. The van der Waals surface area contributed by atoms with Crippen molar-refractivity contribution in [2.75, 3.05) is 26.4 Å². The molecular formula is C64H52B6F6N12O12Se6. The molecule has 536 valence electrons. The van der Waals surface area contributed by atoms with Gasteiger partial charge in [0.15, 0.2) is 0 Å². The fraction of sp³-hybridized carbons (Fsp3) is 0.344. The number of nitrogens with zero attached hydrogens (tertiary/aromatic N) is 12. The van der Waals surface area contributed by atoms with E-state index in [1.54, 1.807) is 48.5 Å². The molecule has 106 heavy (non-hydrogen) atoms. The third kappa shape index (κ3) is 12.1. The molecule has 12 heterocycles. The van der Waals surface area contributed by atoms with Gasteiger partial charge in [-0.25, -0.2) is 0 Å². The predicted octanol–water partition coefficient (Wildman–Crippen LogP) is 3.82. The zero-order valence-electron chi connectivity index (χ0n) is 57.5. The molecule has 0 bridgehead atoms. The van der Waals surface area contributed by atoms with E-state index in [0.717, 1.165) is 0 Å². The maximum absolute atomic E-state index is 16.5. The Morgan fingerprint density at radius 1 is 0.311 bits per heavy atom. The van der Waals surface area contributed by atoms with E-state index in [-0.39, 0.29) is 132 Å². The molecule has 4 fully saturated rings. The van der Waals surface area contributed by atoms with E-state index >= 15 is 26.3 Å². The molecule has 0 amide bonds. The van der Waals surface area contributed by atoms with Gasteiger partial charge in [-0.1, -0.05) is 0 Å². The molecule has 0 aliphatic carbocycles. The molecule has 6 aromatic heterocycles. The van der Waals surface area contributed by atoms with Crippen molar-refractivity contribution < 1.29 is 82.2 Å². The van der Waals surface area contributed by atoms with Crippen molar-refractivity contribution in [2.45, 2.75) is 105 Å². The van der Waals surface area contributed by atoms with E-state index in [9.17, 15) is 0 Å². The molecule has 20 rings (SSSR count). The zero-order valence-corrected chi connectivity index (χ0v) is 67.7. The molecule has 0 spiro atoms. The van der Waals surface area contributed by atoms with Crippen molar-refractivity contribution >= 4 is 264 Å². The van der Waals surface area contributed by atoms with Gasteiger partial charge in [0, 0.05) is 0 Å². The number of hydrogen-bond acceptors (Lipinski definition) is 24. The average Bonchev–Trinajstić information content (AvgIpc) is 1.38. The van der Waals surface area contributed by atoms with Crippen LogP contribution in [0, 0.1) is 45.7 Å². The minimum atomic E-state index is -1.09. The summed E-state index contributed by atoms with van der Waals surface area (Å²) in [5.74, 6) is -2.11. The Bertz CT molecular complexity index is 5540. The van der Waals surface area contributed by atoms with Gasteiger partial charge < -0.3 is 0 Å². The van der Waals surface area contributed by atoms with Crippen LogP contribution in [0.15, 0.2) is 48.5 Å². The summed E-state index contributed by atoms with van der Waals surface area (Å²) in [6, 6.07) is 14.1. The van der Waals surface area contributed by atoms with Gasteiger partial charge in [0.25, 0.3) is 0 Å². The second-order valence-corrected chi connectivity index (χ2v) is 36.0. The first-order valence-corrected chi connectivity index (χ1v) is 42.6. The SMILES string of the molecule is CC1(C)COB(c2c(F)c3c4n[se]nc4c(B4OCC(C)(C)CO4)c(F)c3c3n[se]nc23)OC1.CC1CC(C)(C)OB(c2c(F)c3c4n[se]nc4c(B4OC(C)CC(C)(C)O4)c(F)c3c3n[se]nc23)O1.Fc1c(B2Oc3ccccc3O2)c2n[se]nc2c2c(F)c(B3Oc4ccccc4O3)c3n[se]nc3c12. The monoisotopic (exact) mass is 1840 g/mol. The standard InChI is InChI=1S/C22H8B2F2N4O4Se2.C22H24B2F2N4O4Se2.C20H20B2F2N4O4Se2/c25-17-13-14(19-21(29-35-27-19)15(17)23-31-9-5-1-2-6-10(9)32-23)18(26)16(22-20(13)28-36-30-22)24-33-11-7-3-4-8-12(11)34-24;1-9-7-21(3,4)33-23(31-9)13-15(25)11-12(17-19(13)29-35-27-17)16(26)14(20-18(11)28-36-30-20)24-32-10(2)8-22(5,6)34-24;1-19(2)5-29-21(30-6-19)11-13(23)9-10(15-17(11)27-33-25-15)14(24)12(18-16(9)26-34-28-18)22-31-7-20(3,4)8-32-22/h1-8H;9-10H,7-8H2,1-6H3;5-8H2,1-4H3. The molecule has 6 aliphatic heterocycles. The van der Waals surface area contributed by atoms with E-state index in [4.69, 9.17) is 55.9 Å².